The number of likely N-dealkylation sites (tertiary alicyclic amines) is 1. The van der Waals surface area contributed by atoms with Crippen molar-refractivity contribution in [2.24, 2.45) is 4.99 Å². The fourth-order valence-corrected chi connectivity index (χ4v) is 2.60. The van der Waals surface area contributed by atoms with Gasteiger partial charge in [0.1, 0.15) is 6.54 Å². The molecular formula is C17H35N5O2. The van der Waals surface area contributed by atoms with Crippen molar-refractivity contribution >= 4 is 11.9 Å². The summed E-state index contributed by atoms with van der Waals surface area (Å²) in [5.41, 5.74) is -0.236. The van der Waals surface area contributed by atoms with Crippen molar-refractivity contribution in [1.29, 1.82) is 0 Å². The summed E-state index contributed by atoms with van der Waals surface area (Å²) in [6, 6.07) is 0. The molecule has 1 fully saturated rings. The fraction of sp³-hybridized carbons (Fsp3) is 0.882. The van der Waals surface area contributed by atoms with Gasteiger partial charge in [0.2, 0.25) is 5.91 Å². The van der Waals surface area contributed by atoms with Gasteiger partial charge >= 0.3 is 0 Å². The summed E-state index contributed by atoms with van der Waals surface area (Å²) in [5, 5.41) is 18.8. The Bertz CT molecular complexity index is 398. The third-order valence-electron chi connectivity index (χ3n) is 3.74. The highest BCUT2D eigenvalue weighted by Crippen LogP contribution is 2.09. The van der Waals surface area contributed by atoms with Crippen LogP contribution in [0.15, 0.2) is 4.99 Å². The van der Waals surface area contributed by atoms with Gasteiger partial charge < -0.3 is 26.0 Å². The predicted octanol–water partition coefficient (Wildman–Crippen LogP) is 0.303. The molecule has 0 atom stereocenters. The van der Waals surface area contributed by atoms with Gasteiger partial charge in [-0.1, -0.05) is 0 Å². The molecule has 1 rings (SSSR count). The first kappa shape index (κ1) is 20.7. The number of aliphatic hydroxyl groups excluding tert-OH is 1. The molecule has 0 aromatic carbocycles. The van der Waals surface area contributed by atoms with Gasteiger partial charge in [-0.05, 0) is 53.5 Å². The quantitative estimate of drug-likeness (QED) is 0.304. The molecule has 0 radical (unpaired) electrons. The van der Waals surface area contributed by atoms with Crippen LogP contribution in [0.2, 0.25) is 0 Å². The zero-order chi connectivity index (χ0) is 18.0. The van der Waals surface area contributed by atoms with Crippen molar-refractivity contribution in [3.8, 4) is 0 Å². The maximum atomic E-state index is 11.8. The van der Waals surface area contributed by atoms with Gasteiger partial charge in [-0.2, -0.15) is 0 Å². The van der Waals surface area contributed by atoms with Crippen molar-refractivity contribution in [1.82, 2.24) is 20.9 Å². The van der Waals surface area contributed by atoms with E-state index in [1.165, 1.54) is 0 Å². The van der Waals surface area contributed by atoms with E-state index in [9.17, 15) is 9.90 Å². The Balaban J connectivity index is 2.27. The third kappa shape index (κ3) is 9.72. The number of nitrogens with zero attached hydrogens (tertiary/aromatic N) is 2. The highest BCUT2D eigenvalue weighted by molar-refractivity contribution is 5.85. The summed E-state index contributed by atoms with van der Waals surface area (Å²) in [6.45, 7) is 12.5. The second kappa shape index (κ2) is 10.5. The van der Waals surface area contributed by atoms with Crippen LogP contribution in [0.1, 0.15) is 47.0 Å². The summed E-state index contributed by atoms with van der Waals surface area (Å²) in [6.07, 6.45) is 2.64. The lowest BCUT2D eigenvalue weighted by Crippen LogP contribution is -2.43. The maximum Gasteiger partial charge on any atom is 0.242 e. The Morgan fingerprint density at radius 2 is 1.92 bits per heavy atom. The van der Waals surface area contributed by atoms with E-state index in [4.69, 9.17) is 0 Å². The van der Waals surface area contributed by atoms with Crippen LogP contribution in [0.3, 0.4) is 0 Å². The van der Waals surface area contributed by atoms with Crippen LogP contribution >= 0.6 is 0 Å². The molecule has 0 unspecified atom stereocenters. The minimum absolute atomic E-state index is 0.0772. The standard InChI is InChI=1S/C17H35N5O2/c1-5-18-16(20-13-15(24)21-17(2,3)4)19-9-6-10-22-11-7-14(23)8-12-22/h14,23H,5-13H2,1-4H3,(H,21,24)(H2,18,19,20). The zero-order valence-corrected chi connectivity index (χ0v) is 15.7. The van der Waals surface area contributed by atoms with E-state index in [0.717, 1.165) is 52.0 Å². The number of aliphatic imine (C=N–C) groups is 1. The molecule has 7 heteroatoms. The summed E-state index contributed by atoms with van der Waals surface area (Å²) in [4.78, 5) is 18.5. The molecule has 0 aromatic heterocycles. The number of piperidine rings is 1. The van der Waals surface area contributed by atoms with Crippen LogP contribution in [0, 0.1) is 0 Å². The number of carbonyl (C=O) groups excluding carboxylic acids is 1. The summed E-state index contributed by atoms with van der Waals surface area (Å²) >= 11 is 0. The Labute approximate surface area is 146 Å². The van der Waals surface area contributed by atoms with Crippen LogP contribution < -0.4 is 16.0 Å². The molecule has 1 heterocycles. The van der Waals surface area contributed by atoms with Gasteiger partial charge in [0.15, 0.2) is 5.96 Å². The first-order chi connectivity index (χ1) is 11.3. The van der Waals surface area contributed by atoms with E-state index in [0.29, 0.717) is 5.96 Å². The van der Waals surface area contributed by atoms with Crippen LogP contribution in [0.5, 0.6) is 0 Å². The summed E-state index contributed by atoms with van der Waals surface area (Å²) in [7, 11) is 0. The second-order valence-corrected chi connectivity index (χ2v) is 7.35. The van der Waals surface area contributed by atoms with Gasteiger partial charge in [0, 0.05) is 31.7 Å². The normalized spacial score (nSPS) is 17.6. The van der Waals surface area contributed by atoms with E-state index in [2.05, 4.69) is 25.8 Å². The van der Waals surface area contributed by atoms with Crippen LogP contribution in [0.25, 0.3) is 0 Å². The Morgan fingerprint density at radius 1 is 1.25 bits per heavy atom. The van der Waals surface area contributed by atoms with E-state index in [1.807, 2.05) is 27.7 Å². The lowest BCUT2D eigenvalue weighted by molar-refractivity contribution is -0.121. The number of guanidine groups is 1. The number of hydrogen-bond donors (Lipinski definition) is 4. The number of aliphatic hydroxyl groups is 1. The molecule has 1 aliphatic heterocycles. The molecule has 1 amide bonds. The van der Waals surface area contributed by atoms with Gasteiger partial charge in [-0.25, -0.2) is 4.99 Å². The average molecular weight is 342 g/mol. The van der Waals surface area contributed by atoms with Crippen molar-refractivity contribution < 1.29 is 9.90 Å². The predicted molar refractivity (Wildman–Crippen MR) is 98.2 cm³/mol. The van der Waals surface area contributed by atoms with Crippen molar-refractivity contribution in [3.05, 3.63) is 0 Å². The SMILES string of the molecule is CCNC(=NCC(=O)NC(C)(C)C)NCCCN1CCC(O)CC1. The maximum absolute atomic E-state index is 11.8. The molecule has 1 saturated heterocycles. The van der Waals surface area contributed by atoms with Crippen LogP contribution in [0.4, 0.5) is 0 Å². The summed E-state index contributed by atoms with van der Waals surface area (Å²) < 4.78 is 0. The molecule has 24 heavy (non-hydrogen) atoms. The van der Waals surface area contributed by atoms with Crippen LogP contribution in [-0.4, -0.2) is 72.8 Å². The largest absolute Gasteiger partial charge is 0.393 e. The fourth-order valence-electron chi connectivity index (χ4n) is 2.60. The van der Waals surface area contributed by atoms with Gasteiger partial charge in [0.05, 0.1) is 6.10 Å². The number of rotatable bonds is 7. The Kier molecular flexibility index (Phi) is 9.07. The second-order valence-electron chi connectivity index (χ2n) is 7.35. The number of hydrogen-bond acceptors (Lipinski definition) is 4. The van der Waals surface area contributed by atoms with E-state index in [-0.39, 0.29) is 24.1 Å². The topological polar surface area (TPSA) is 89.0 Å². The molecule has 140 valence electrons. The molecule has 7 nitrogen and oxygen atoms in total. The van der Waals surface area contributed by atoms with Gasteiger partial charge in [-0.3, -0.25) is 4.79 Å². The molecular weight excluding hydrogens is 306 g/mol. The third-order valence-corrected chi connectivity index (χ3v) is 3.74. The van der Waals surface area contributed by atoms with Crippen molar-refractivity contribution in [2.45, 2.75) is 58.6 Å². The lowest BCUT2D eigenvalue weighted by Gasteiger charge is -2.29. The van der Waals surface area contributed by atoms with E-state index < -0.39 is 0 Å². The average Bonchev–Trinajstić information content (AvgIpc) is 2.49. The Hall–Kier alpha value is -1.34. The van der Waals surface area contributed by atoms with Crippen molar-refractivity contribution in [2.75, 3.05) is 39.3 Å². The van der Waals surface area contributed by atoms with Gasteiger partial charge in [0.25, 0.3) is 0 Å². The molecule has 0 bridgehead atoms. The number of nitrogens with one attached hydrogen (secondary N) is 3. The lowest BCUT2D eigenvalue weighted by atomic mass is 10.1. The monoisotopic (exact) mass is 341 g/mol. The molecule has 4 N–H and O–H groups in total. The van der Waals surface area contributed by atoms with Crippen LogP contribution in [-0.2, 0) is 4.79 Å². The highest BCUT2D eigenvalue weighted by atomic mass is 16.3. The molecule has 0 spiro atoms. The molecule has 0 aromatic rings. The minimum Gasteiger partial charge on any atom is -0.393 e. The van der Waals surface area contributed by atoms with Gasteiger partial charge in [-0.15, -0.1) is 0 Å². The molecule has 1 aliphatic rings. The number of carbonyl (C=O) groups is 1. The summed E-state index contributed by atoms with van der Waals surface area (Å²) in [5.74, 6) is 0.599. The highest BCUT2D eigenvalue weighted by Gasteiger charge is 2.16. The first-order valence-electron chi connectivity index (χ1n) is 9.04. The Morgan fingerprint density at radius 3 is 2.50 bits per heavy atom. The zero-order valence-electron chi connectivity index (χ0n) is 15.7. The smallest absolute Gasteiger partial charge is 0.242 e. The van der Waals surface area contributed by atoms with E-state index >= 15 is 0 Å². The first-order valence-corrected chi connectivity index (χ1v) is 9.04. The molecule has 0 saturated carbocycles. The van der Waals surface area contributed by atoms with Crippen molar-refractivity contribution in [3.63, 3.8) is 0 Å². The minimum atomic E-state index is -0.236. The molecule has 0 aliphatic carbocycles. The van der Waals surface area contributed by atoms with E-state index in [1.54, 1.807) is 0 Å². The number of amides is 1.